The molecule has 2 aliphatic rings. The average Bonchev–Trinajstić information content (AvgIpc) is 3.13. The molecule has 2 aliphatic heterocycles. The fraction of sp³-hybridized carbons (Fsp3) is 0.571. The van der Waals surface area contributed by atoms with Gasteiger partial charge in [-0.25, -0.2) is 5.01 Å². The fourth-order valence-corrected chi connectivity index (χ4v) is 2.91. The number of hydrogen-bond acceptors (Lipinski definition) is 4. The van der Waals surface area contributed by atoms with Gasteiger partial charge in [0.15, 0.2) is 0 Å². The highest BCUT2D eigenvalue weighted by Crippen LogP contribution is 2.21. The van der Waals surface area contributed by atoms with E-state index in [1.807, 2.05) is 21.8 Å². The van der Waals surface area contributed by atoms with Crippen molar-refractivity contribution in [3.8, 4) is 0 Å². The van der Waals surface area contributed by atoms with Crippen LogP contribution in [0, 0.1) is 0 Å². The second kappa shape index (κ2) is 5.67. The molecule has 2 amide bonds. The highest BCUT2D eigenvalue weighted by Gasteiger charge is 2.33. The van der Waals surface area contributed by atoms with E-state index in [9.17, 15) is 9.59 Å². The van der Waals surface area contributed by atoms with E-state index in [1.165, 1.54) is 5.01 Å². The second-order valence-electron chi connectivity index (χ2n) is 5.49. The number of likely N-dealkylation sites (tertiary alicyclic amines) is 1. The van der Waals surface area contributed by atoms with Gasteiger partial charge in [0.2, 0.25) is 5.91 Å². The molecule has 0 aromatic carbocycles. The second-order valence-corrected chi connectivity index (χ2v) is 5.49. The van der Waals surface area contributed by atoms with Crippen LogP contribution in [0.4, 0.5) is 0 Å². The van der Waals surface area contributed by atoms with E-state index in [4.69, 9.17) is 0 Å². The van der Waals surface area contributed by atoms with Crippen LogP contribution in [-0.4, -0.2) is 56.8 Å². The van der Waals surface area contributed by atoms with E-state index in [1.54, 1.807) is 13.2 Å². The minimum atomic E-state index is -0.0407. The Morgan fingerprint density at radius 3 is 3.00 bits per heavy atom. The van der Waals surface area contributed by atoms with Crippen LogP contribution in [0.1, 0.15) is 25.7 Å². The number of nitrogens with zero attached hydrogens (tertiary/aromatic N) is 5. The summed E-state index contributed by atoms with van der Waals surface area (Å²) in [5, 5.41) is 9.60. The number of rotatable bonds is 3. The van der Waals surface area contributed by atoms with Crippen molar-refractivity contribution in [2.75, 3.05) is 13.6 Å². The monoisotopic (exact) mass is 289 g/mol. The lowest BCUT2D eigenvalue weighted by Gasteiger charge is -2.27. The Morgan fingerprint density at radius 1 is 1.43 bits per heavy atom. The molecule has 0 bridgehead atoms. The maximum absolute atomic E-state index is 12.6. The SMILES string of the molecule is CN1N=C(C(=O)N2CCC[C@H]2Cn2cccn2)CCC1=O. The summed E-state index contributed by atoms with van der Waals surface area (Å²) in [5.74, 6) is -0.0786. The van der Waals surface area contributed by atoms with Gasteiger partial charge in [0.25, 0.3) is 5.91 Å². The Balaban J connectivity index is 1.71. The molecule has 1 atom stereocenters. The molecule has 0 spiro atoms. The van der Waals surface area contributed by atoms with E-state index in [0.29, 0.717) is 25.1 Å². The van der Waals surface area contributed by atoms with Crippen LogP contribution in [0.25, 0.3) is 0 Å². The molecule has 0 aliphatic carbocycles. The Bertz CT molecular complexity index is 566. The first-order chi connectivity index (χ1) is 10.1. The maximum atomic E-state index is 12.6. The summed E-state index contributed by atoms with van der Waals surface area (Å²) in [6, 6.07) is 2.04. The van der Waals surface area contributed by atoms with Crippen LogP contribution >= 0.6 is 0 Å². The third-order valence-electron chi connectivity index (χ3n) is 4.05. The van der Waals surface area contributed by atoms with E-state index < -0.39 is 0 Å². The lowest BCUT2D eigenvalue weighted by Crippen LogP contribution is -2.44. The van der Waals surface area contributed by atoms with Crippen molar-refractivity contribution < 1.29 is 9.59 Å². The zero-order valence-electron chi connectivity index (χ0n) is 12.1. The molecule has 0 unspecified atom stereocenters. The minimum Gasteiger partial charge on any atom is -0.333 e. The van der Waals surface area contributed by atoms with Crippen molar-refractivity contribution in [1.29, 1.82) is 0 Å². The molecule has 3 heterocycles. The molecule has 3 rings (SSSR count). The predicted octanol–water partition coefficient (Wildman–Crippen LogP) is 0.482. The number of aromatic nitrogens is 2. The van der Waals surface area contributed by atoms with Gasteiger partial charge in [-0.1, -0.05) is 0 Å². The van der Waals surface area contributed by atoms with E-state index >= 15 is 0 Å². The number of hydrogen-bond donors (Lipinski definition) is 0. The van der Waals surface area contributed by atoms with Gasteiger partial charge >= 0.3 is 0 Å². The first-order valence-corrected chi connectivity index (χ1v) is 7.27. The summed E-state index contributed by atoms with van der Waals surface area (Å²) in [6.45, 7) is 1.46. The third kappa shape index (κ3) is 2.81. The number of amides is 2. The van der Waals surface area contributed by atoms with Crippen molar-refractivity contribution in [2.45, 2.75) is 38.3 Å². The summed E-state index contributed by atoms with van der Waals surface area (Å²) in [4.78, 5) is 25.9. The molecular formula is C14H19N5O2. The lowest BCUT2D eigenvalue weighted by molar-refractivity contribution is -0.130. The molecule has 7 nitrogen and oxygen atoms in total. The smallest absolute Gasteiger partial charge is 0.270 e. The van der Waals surface area contributed by atoms with Crippen molar-refractivity contribution in [2.24, 2.45) is 5.10 Å². The number of hydrazone groups is 1. The summed E-state index contributed by atoms with van der Waals surface area (Å²) < 4.78 is 1.86. The largest absolute Gasteiger partial charge is 0.333 e. The predicted molar refractivity (Wildman–Crippen MR) is 76.4 cm³/mol. The van der Waals surface area contributed by atoms with Crippen LogP contribution in [0.5, 0.6) is 0 Å². The van der Waals surface area contributed by atoms with Crippen LogP contribution < -0.4 is 0 Å². The summed E-state index contributed by atoms with van der Waals surface area (Å²) in [6.07, 6.45) is 6.43. The van der Waals surface area contributed by atoms with Gasteiger partial charge in [-0.2, -0.15) is 10.2 Å². The molecule has 7 heteroatoms. The molecule has 0 radical (unpaired) electrons. The van der Waals surface area contributed by atoms with Crippen molar-refractivity contribution in [3.63, 3.8) is 0 Å². The number of carbonyl (C=O) groups excluding carboxylic acids is 2. The molecule has 21 heavy (non-hydrogen) atoms. The molecule has 0 N–H and O–H groups in total. The third-order valence-corrected chi connectivity index (χ3v) is 4.05. The lowest BCUT2D eigenvalue weighted by atomic mass is 10.1. The van der Waals surface area contributed by atoms with Crippen molar-refractivity contribution in [3.05, 3.63) is 18.5 Å². The number of carbonyl (C=O) groups is 2. The maximum Gasteiger partial charge on any atom is 0.270 e. The van der Waals surface area contributed by atoms with Gasteiger partial charge in [-0.15, -0.1) is 0 Å². The topological polar surface area (TPSA) is 70.8 Å². The summed E-state index contributed by atoms with van der Waals surface area (Å²) >= 11 is 0. The molecule has 1 aromatic heterocycles. The Hall–Kier alpha value is -2.18. The van der Waals surface area contributed by atoms with Crippen LogP contribution in [0.3, 0.4) is 0 Å². The highest BCUT2D eigenvalue weighted by atomic mass is 16.2. The van der Waals surface area contributed by atoms with E-state index in [-0.39, 0.29) is 17.9 Å². The normalized spacial score (nSPS) is 22.6. The minimum absolute atomic E-state index is 0.0380. The van der Waals surface area contributed by atoms with E-state index in [2.05, 4.69) is 10.2 Å². The highest BCUT2D eigenvalue weighted by molar-refractivity contribution is 6.39. The van der Waals surface area contributed by atoms with Crippen LogP contribution in [0.15, 0.2) is 23.6 Å². The van der Waals surface area contributed by atoms with Gasteiger partial charge in [0, 0.05) is 38.8 Å². The Morgan fingerprint density at radius 2 is 2.29 bits per heavy atom. The fourth-order valence-electron chi connectivity index (χ4n) is 2.91. The van der Waals surface area contributed by atoms with Gasteiger partial charge < -0.3 is 4.90 Å². The molecule has 1 fully saturated rings. The van der Waals surface area contributed by atoms with Gasteiger partial charge in [0.1, 0.15) is 5.71 Å². The molecule has 1 saturated heterocycles. The first-order valence-electron chi connectivity index (χ1n) is 7.27. The van der Waals surface area contributed by atoms with E-state index in [0.717, 1.165) is 19.4 Å². The quantitative estimate of drug-likeness (QED) is 0.812. The molecule has 0 saturated carbocycles. The molecule has 112 valence electrons. The Labute approximate surface area is 123 Å². The van der Waals surface area contributed by atoms with Crippen molar-refractivity contribution in [1.82, 2.24) is 19.7 Å². The zero-order valence-corrected chi connectivity index (χ0v) is 12.1. The molecule has 1 aromatic rings. The first kappa shape index (κ1) is 13.8. The average molecular weight is 289 g/mol. The van der Waals surface area contributed by atoms with Crippen LogP contribution in [0.2, 0.25) is 0 Å². The standard InChI is InChI=1S/C14H19N5O2/c1-17-13(20)6-5-12(16-17)14(21)19-9-2-4-11(19)10-18-8-3-7-15-18/h3,7-8,11H,2,4-6,9-10H2,1H3/t11-/m0/s1. The van der Waals surface area contributed by atoms with Crippen molar-refractivity contribution >= 4 is 17.5 Å². The molecular weight excluding hydrogens is 270 g/mol. The zero-order chi connectivity index (χ0) is 14.8. The van der Waals surface area contributed by atoms with Crippen LogP contribution in [-0.2, 0) is 16.1 Å². The van der Waals surface area contributed by atoms with Gasteiger partial charge in [-0.05, 0) is 18.9 Å². The summed E-state index contributed by atoms with van der Waals surface area (Å²) in [5.41, 5.74) is 0.490. The summed E-state index contributed by atoms with van der Waals surface area (Å²) in [7, 11) is 1.60. The van der Waals surface area contributed by atoms with Gasteiger partial charge in [-0.3, -0.25) is 14.3 Å². The Kier molecular flexibility index (Phi) is 3.72. The van der Waals surface area contributed by atoms with Gasteiger partial charge in [0.05, 0.1) is 12.6 Å².